The minimum absolute atomic E-state index is 0.528. The van der Waals surface area contributed by atoms with Crippen LogP contribution in [0.1, 0.15) is 50.6 Å². The van der Waals surface area contributed by atoms with Crippen molar-refractivity contribution in [3.8, 4) is 0 Å². The molecule has 1 saturated carbocycles. The zero-order chi connectivity index (χ0) is 14.7. The van der Waals surface area contributed by atoms with Crippen molar-refractivity contribution >= 4 is 26.7 Å². The molecule has 112 valence electrons. The monoisotopic (exact) mass is 345 g/mol. The smallest absolute Gasteiger partial charge is 0.0348 e. The standard InChI is InChI=1S/C19H24BrN/c1-2-11-21-19(14-5-3-4-6-14)17-8-7-16-13-18(20)10-9-15(16)12-17/h7-10,12-14,19,21H,2-6,11H2,1H3. The van der Waals surface area contributed by atoms with Crippen molar-refractivity contribution in [1.29, 1.82) is 0 Å². The molecule has 1 N–H and O–H groups in total. The fraction of sp³-hybridized carbons (Fsp3) is 0.474. The zero-order valence-electron chi connectivity index (χ0n) is 12.7. The average molecular weight is 346 g/mol. The van der Waals surface area contributed by atoms with Gasteiger partial charge in [-0.15, -0.1) is 0 Å². The van der Waals surface area contributed by atoms with Crippen LogP contribution in [-0.2, 0) is 0 Å². The van der Waals surface area contributed by atoms with Crippen LogP contribution in [-0.4, -0.2) is 6.54 Å². The Morgan fingerprint density at radius 3 is 2.57 bits per heavy atom. The van der Waals surface area contributed by atoms with Crippen molar-refractivity contribution < 1.29 is 0 Å². The van der Waals surface area contributed by atoms with Gasteiger partial charge in [0.25, 0.3) is 0 Å². The normalized spacial score (nSPS) is 17.4. The minimum atomic E-state index is 0.528. The number of nitrogens with one attached hydrogen (secondary N) is 1. The molecule has 1 atom stereocenters. The molecule has 0 spiro atoms. The van der Waals surface area contributed by atoms with Gasteiger partial charge in [0.1, 0.15) is 0 Å². The molecule has 1 aliphatic carbocycles. The van der Waals surface area contributed by atoms with E-state index < -0.39 is 0 Å². The lowest BCUT2D eigenvalue weighted by Crippen LogP contribution is -2.27. The molecule has 3 rings (SSSR count). The predicted octanol–water partition coefficient (Wildman–Crippen LogP) is 5.83. The second-order valence-electron chi connectivity index (χ2n) is 6.23. The molecule has 0 heterocycles. The highest BCUT2D eigenvalue weighted by Gasteiger charge is 2.25. The van der Waals surface area contributed by atoms with Gasteiger partial charge in [0.2, 0.25) is 0 Å². The summed E-state index contributed by atoms with van der Waals surface area (Å²) in [5, 5.41) is 6.45. The molecule has 0 aliphatic heterocycles. The van der Waals surface area contributed by atoms with E-state index in [-0.39, 0.29) is 0 Å². The third-order valence-electron chi connectivity index (χ3n) is 4.67. The molecule has 0 saturated heterocycles. The van der Waals surface area contributed by atoms with Crippen LogP contribution in [0.25, 0.3) is 10.8 Å². The van der Waals surface area contributed by atoms with Crippen molar-refractivity contribution in [2.24, 2.45) is 5.92 Å². The molecule has 21 heavy (non-hydrogen) atoms. The first-order valence-corrected chi connectivity index (χ1v) is 9.00. The lowest BCUT2D eigenvalue weighted by molar-refractivity contribution is 0.368. The average Bonchev–Trinajstić information content (AvgIpc) is 3.02. The molecule has 2 heteroatoms. The highest BCUT2D eigenvalue weighted by molar-refractivity contribution is 9.10. The fourth-order valence-electron chi connectivity index (χ4n) is 3.58. The Morgan fingerprint density at radius 1 is 1.10 bits per heavy atom. The Bertz CT molecular complexity index is 602. The molecule has 2 aromatic rings. The molecule has 0 radical (unpaired) electrons. The van der Waals surface area contributed by atoms with E-state index in [1.54, 1.807) is 0 Å². The third-order valence-corrected chi connectivity index (χ3v) is 5.16. The second kappa shape index (κ2) is 6.93. The van der Waals surface area contributed by atoms with Gasteiger partial charge in [-0.2, -0.15) is 0 Å². The fourth-order valence-corrected chi connectivity index (χ4v) is 3.95. The summed E-state index contributed by atoms with van der Waals surface area (Å²) < 4.78 is 1.15. The van der Waals surface area contributed by atoms with Crippen LogP contribution in [0.15, 0.2) is 40.9 Å². The van der Waals surface area contributed by atoms with Gasteiger partial charge in [-0.05, 0) is 66.3 Å². The molecule has 0 bridgehead atoms. The van der Waals surface area contributed by atoms with Crippen LogP contribution in [0.2, 0.25) is 0 Å². The van der Waals surface area contributed by atoms with Crippen molar-refractivity contribution in [2.75, 3.05) is 6.54 Å². The van der Waals surface area contributed by atoms with Gasteiger partial charge in [0, 0.05) is 10.5 Å². The molecule has 1 aliphatic rings. The van der Waals surface area contributed by atoms with E-state index in [0.29, 0.717) is 6.04 Å². The van der Waals surface area contributed by atoms with Crippen LogP contribution in [0.3, 0.4) is 0 Å². The van der Waals surface area contributed by atoms with Gasteiger partial charge in [0.15, 0.2) is 0 Å². The lowest BCUT2D eigenvalue weighted by atomic mass is 9.90. The first-order chi connectivity index (χ1) is 10.3. The summed E-state index contributed by atoms with van der Waals surface area (Å²) in [6.45, 7) is 3.36. The van der Waals surface area contributed by atoms with Crippen molar-refractivity contribution in [2.45, 2.75) is 45.1 Å². The van der Waals surface area contributed by atoms with Crippen molar-refractivity contribution in [3.63, 3.8) is 0 Å². The summed E-state index contributed by atoms with van der Waals surface area (Å²) in [7, 11) is 0. The van der Waals surface area contributed by atoms with Crippen LogP contribution >= 0.6 is 15.9 Å². The Morgan fingerprint density at radius 2 is 1.81 bits per heavy atom. The number of hydrogen-bond donors (Lipinski definition) is 1. The van der Waals surface area contributed by atoms with E-state index in [4.69, 9.17) is 0 Å². The Kier molecular flexibility index (Phi) is 4.97. The summed E-state index contributed by atoms with van der Waals surface area (Å²) in [6, 6.07) is 14.0. The lowest BCUT2D eigenvalue weighted by Gasteiger charge is -2.25. The zero-order valence-corrected chi connectivity index (χ0v) is 14.3. The van der Waals surface area contributed by atoms with Crippen LogP contribution < -0.4 is 5.32 Å². The van der Waals surface area contributed by atoms with Crippen molar-refractivity contribution in [3.05, 3.63) is 46.4 Å². The topological polar surface area (TPSA) is 12.0 Å². The van der Waals surface area contributed by atoms with Gasteiger partial charge >= 0.3 is 0 Å². The molecule has 0 amide bonds. The van der Waals surface area contributed by atoms with E-state index in [2.05, 4.69) is 64.6 Å². The molecule has 2 aromatic carbocycles. The first kappa shape index (κ1) is 15.1. The van der Waals surface area contributed by atoms with Gasteiger partial charge in [-0.1, -0.05) is 53.9 Å². The number of fused-ring (bicyclic) bond motifs is 1. The summed E-state index contributed by atoms with van der Waals surface area (Å²) >= 11 is 3.56. The van der Waals surface area contributed by atoms with Gasteiger partial charge in [0.05, 0.1) is 0 Å². The van der Waals surface area contributed by atoms with Gasteiger partial charge < -0.3 is 5.32 Å². The number of hydrogen-bond acceptors (Lipinski definition) is 1. The minimum Gasteiger partial charge on any atom is -0.310 e. The summed E-state index contributed by atoms with van der Waals surface area (Å²) in [5.41, 5.74) is 1.46. The Labute approximate surface area is 136 Å². The molecular weight excluding hydrogens is 322 g/mol. The predicted molar refractivity (Wildman–Crippen MR) is 94.6 cm³/mol. The van der Waals surface area contributed by atoms with E-state index >= 15 is 0 Å². The maximum atomic E-state index is 3.79. The Hall–Kier alpha value is -0.860. The number of benzene rings is 2. The second-order valence-corrected chi connectivity index (χ2v) is 7.14. The number of halogens is 1. The van der Waals surface area contributed by atoms with Crippen LogP contribution in [0, 0.1) is 5.92 Å². The molecule has 0 aromatic heterocycles. The Balaban J connectivity index is 1.91. The summed E-state index contributed by atoms with van der Waals surface area (Å²) in [5.74, 6) is 0.810. The van der Waals surface area contributed by atoms with E-state index in [9.17, 15) is 0 Å². The van der Waals surface area contributed by atoms with E-state index in [0.717, 1.165) is 16.9 Å². The number of rotatable bonds is 5. The van der Waals surface area contributed by atoms with Gasteiger partial charge in [-0.25, -0.2) is 0 Å². The molecule has 1 nitrogen and oxygen atoms in total. The SMILES string of the molecule is CCCNC(c1ccc2cc(Br)ccc2c1)C1CCCC1. The largest absolute Gasteiger partial charge is 0.310 e. The van der Waals surface area contributed by atoms with E-state index in [1.165, 1.54) is 48.4 Å². The summed E-state index contributed by atoms with van der Waals surface area (Å²) in [4.78, 5) is 0. The van der Waals surface area contributed by atoms with Crippen molar-refractivity contribution in [1.82, 2.24) is 5.32 Å². The van der Waals surface area contributed by atoms with Gasteiger partial charge in [-0.3, -0.25) is 0 Å². The first-order valence-electron chi connectivity index (χ1n) is 8.20. The highest BCUT2D eigenvalue weighted by Crippen LogP contribution is 2.36. The molecule has 1 unspecified atom stereocenters. The quantitative estimate of drug-likeness (QED) is 0.718. The third kappa shape index (κ3) is 3.49. The van der Waals surface area contributed by atoms with E-state index in [1.807, 2.05) is 0 Å². The maximum absolute atomic E-state index is 3.79. The summed E-state index contributed by atoms with van der Waals surface area (Å²) in [6.07, 6.45) is 6.74. The van der Waals surface area contributed by atoms with Crippen LogP contribution in [0.4, 0.5) is 0 Å². The molecule has 1 fully saturated rings. The maximum Gasteiger partial charge on any atom is 0.0348 e. The molecular formula is C19H24BrN. The highest BCUT2D eigenvalue weighted by atomic mass is 79.9. The van der Waals surface area contributed by atoms with Crippen LogP contribution in [0.5, 0.6) is 0 Å².